The number of hydrogen-bond acceptors (Lipinski definition) is 6. The van der Waals surface area contributed by atoms with Crippen LogP contribution in [0.4, 0.5) is 10.8 Å². The zero-order chi connectivity index (χ0) is 21.4. The smallest absolute Gasteiger partial charge is 0.227 e. The maximum atomic E-state index is 12.9. The first-order valence-electron chi connectivity index (χ1n) is 10.5. The molecule has 0 bridgehead atoms. The number of aryl methyl sites for hydroxylation is 2. The van der Waals surface area contributed by atoms with Gasteiger partial charge < -0.3 is 10.2 Å². The fourth-order valence-electron chi connectivity index (χ4n) is 3.98. The predicted molar refractivity (Wildman–Crippen MR) is 130 cm³/mol. The van der Waals surface area contributed by atoms with Gasteiger partial charge in [-0.1, -0.05) is 29.5 Å². The van der Waals surface area contributed by atoms with Crippen molar-refractivity contribution < 1.29 is 4.79 Å². The number of rotatable bonds is 4. The van der Waals surface area contributed by atoms with Crippen LogP contribution in [0.3, 0.4) is 0 Å². The zero-order valence-electron chi connectivity index (χ0n) is 17.6. The van der Waals surface area contributed by atoms with Crippen molar-refractivity contribution in [2.24, 2.45) is 5.92 Å². The van der Waals surface area contributed by atoms with E-state index in [1.54, 1.807) is 22.7 Å². The van der Waals surface area contributed by atoms with Crippen LogP contribution in [-0.4, -0.2) is 29.0 Å². The van der Waals surface area contributed by atoms with Crippen LogP contribution in [0.15, 0.2) is 47.8 Å². The fourth-order valence-corrected chi connectivity index (χ4v) is 5.72. The Kier molecular flexibility index (Phi) is 5.46. The molecule has 1 N–H and O–H groups in total. The van der Waals surface area contributed by atoms with Gasteiger partial charge in [0.15, 0.2) is 5.13 Å². The fraction of sp³-hybridized carbons (Fsp3) is 0.292. The molecular weight excluding hydrogens is 424 g/mol. The first kappa shape index (κ1) is 20.2. The molecule has 0 aliphatic carbocycles. The van der Waals surface area contributed by atoms with E-state index in [0.717, 1.165) is 58.5 Å². The number of benzene rings is 2. The Labute approximate surface area is 189 Å². The lowest BCUT2D eigenvalue weighted by Gasteiger charge is -2.31. The van der Waals surface area contributed by atoms with Crippen molar-refractivity contribution in [1.29, 1.82) is 0 Å². The van der Waals surface area contributed by atoms with Crippen LogP contribution in [0, 0.1) is 19.8 Å². The number of aromatic nitrogens is 2. The molecule has 0 spiro atoms. The Hall–Kier alpha value is -2.77. The van der Waals surface area contributed by atoms with Crippen molar-refractivity contribution in [2.45, 2.75) is 26.7 Å². The molecule has 2 aromatic carbocycles. The maximum absolute atomic E-state index is 12.9. The van der Waals surface area contributed by atoms with Crippen molar-refractivity contribution in [1.82, 2.24) is 9.97 Å². The highest BCUT2D eigenvalue weighted by Crippen LogP contribution is 2.32. The summed E-state index contributed by atoms with van der Waals surface area (Å²) in [6.45, 7) is 5.82. The van der Waals surface area contributed by atoms with E-state index in [-0.39, 0.29) is 11.8 Å². The van der Waals surface area contributed by atoms with Crippen LogP contribution >= 0.6 is 22.7 Å². The van der Waals surface area contributed by atoms with Crippen LogP contribution in [0.1, 0.15) is 23.4 Å². The predicted octanol–water partition coefficient (Wildman–Crippen LogP) is 5.89. The van der Waals surface area contributed by atoms with E-state index in [2.05, 4.69) is 45.7 Å². The summed E-state index contributed by atoms with van der Waals surface area (Å²) >= 11 is 3.38. The lowest BCUT2D eigenvalue weighted by atomic mass is 9.96. The molecule has 7 heteroatoms. The van der Waals surface area contributed by atoms with Crippen molar-refractivity contribution in [3.63, 3.8) is 0 Å². The Morgan fingerprint density at radius 2 is 1.94 bits per heavy atom. The second-order valence-electron chi connectivity index (χ2n) is 8.05. The van der Waals surface area contributed by atoms with Gasteiger partial charge in [-0.05, 0) is 56.5 Å². The average Bonchev–Trinajstić information content (AvgIpc) is 3.40. The van der Waals surface area contributed by atoms with E-state index in [1.165, 1.54) is 10.3 Å². The van der Waals surface area contributed by atoms with Gasteiger partial charge in [-0.3, -0.25) is 4.79 Å². The molecule has 1 aliphatic heterocycles. The second kappa shape index (κ2) is 8.40. The van der Waals surface area contributed by atoms with Crippen molar-refractivity contribution in [2.75, 3.05) is 23.3 Å². The Morgan fingerprint density at radius 3 is 2.71 bits per heavy atom. The maximum Gasteiger partial charge on any atom is 0.227 e. The highest BCUT2D eigenvalue weighted by Gasteiger charge is 2.26. The molecule has 158 valence electrons. The first-order chi connectivity index (χ1) is 15.0. The van der Waals surface area contributed by atoms with Crippen LogP contribution in [0.25, 0.3) is 21.5 Å². The lowest BCUT2D eigenvalue weighted by Crippen LogP contribution is -2.38. The third-order valence-corrected chi connectivity index (χ3v) is 7.57. The summed E-state index contributed by atoms with van der Waals surface area (Å²) < 4.78 is 1.23. The number of carbonyl (C=O) groups excluding carboxylic acids is 1. The van der Waals surface area contributed by atoms with Gasteiger partial charge in [-0.25, -0.2) is 9.97 Å². The number of nitrogens with zero attached hydrogens (tertiary/aromatic N) is 3. The molecule has 0 atom stereocenters. The molecule has 1 saturated heterocycles. The second-order valence-corrected chi connectivity index (χ2v) is 10.1. The van der Waals surface area contributed by atoms with Crippen molar-refractivity contribution >= 4 is 49.6 Å². The Bertz CT molecular complexity index is 1240. The van der Waals surface area contributed by atoms with Gasteiger partial charge in [0.25, 0.3) is 0 Å². The number of hydrogen-bond donors (Lipinski definition) is 1. The number of nitrogens with one attached hydrogen (secondary N) is 1. The number of amides is 1. The quantitative estimate of drug-likeness (QED) is 0.423. The minimum Gasteiger partial charge on any atom is -0.348 e. The molecule has 4 aromatic rings. The van der Waals surface area contributed by atoms with E-state index in [9.17, 15) is 4.79 Å². The molecular formula is C24H24N4OS2. The van der Waals surface area contributed by atoms with Gasteiger partial charge in [-0.15, -0.1) is 11.3 Å². The molecule has 1 fully saturated rings. The third-order valence-electron chi connectivity index (χ3n) is 5.71. The normalized spacial score (nSPS) is 14.8. The highest BCUT2D eigenvalue weighted by atomic mass is 32.1. The van der Waals surface area contributed by atoms with E-state index in [0.29, 0.717) is 0 Å². The molecule has 1 amide bonds. The number of carbonyl (C=O) groups is 1. The summed E-state index contributed by atoms with van der Waals surface area (Å²) in [6, 6.07) is 14.3. The summed E-state index contributed by atoms with van der Waals surface area (Å²) in [7, 11) is 0. The van der Waals surface area contributed by atoms with Crippen LogP contribution < -0.4 is 10.2 Å². The van der Waals surface area contributed by atoms with Gasteiger partial charge in [0, 0.05) is 35.6 Å². The summed E-state index contributed by atoms with van der Waals surface area (Å²) in [5, 5.41) is 7.27. The number of fused-ring (bicyclic) bond motifs is 1. The van der Waals surface area contributed by atoms with Gasteiger partial charge in [-0.2, -0.15) is 0 Å². The Balaban J connectivity index is 1.22. The summed E-state index contributed by atoms with van der Waals surface area (Å²) in [5.41, 5.74) is 5.13. The average molecular weight is 449 g/mol. The highest BCUT2D eigenvalue weighted by molar-refractivity contribution is 7.22. The van der Waals surface area contributed by atoms with E-state index >= 15 is 0 Å². The van der Waals surface area contributed by atoms with Gasteiger partial charge >= 0.3 is 0 Å². The van der Waals surface area contributed by atoms with E-state index in [1.807, 2.05) is 31.2 Å². The van der Waals surface area contributed by atoms with Crippen LogP contribution in [-0.2, 0) is 4.79 Å². The molecule has 31 heavy (non-hydrogen) atoms. The molecule has 0 saturated carbocycles. The minimum atomic E-state index is 0.0260. The SMILES string of the molecule is Cc1ccc2nc(N3CCC(C(=O)Nc4cccc(-c5csc(C)n5)c4)CC3)sc2c1. The molecule has 5 rings (SSSR count). The molecule has 3 heterocycles. The lowest BCUT2D eigenvalue weighted by molar-refractivity contribution is -0.120. The first-order valence-corrected chi connectivity index (χ1v) is 12.2. The minimum absolute atomic E-state index is 0.0260. The third kappa shape index (κ3) is 4.34. The summed E-state index contributed by atoms with van der Waals surface area (Å²) in [5.74, 6) is 0.129. The van der Waals surface area contributed by atoms with Crippen LogP contribution in [0.2, 0.25) is 0 Å². The number of thiazole rings is 2. The zero-order valence-corrected chi connectivity index (χ0v) is 19.2. The largest absolute Gasteiger partial charge is 0.348 e. The molecule has 5 nitrogen and oxygen atoms in total. The molecule has 1 aliphatic rings. The Morgan fingerprint density at radius 1 is 1.10 bits per heavy atom. The topological polar surface area (TPSA) is 58.1 Å². The number of piperidine rings is 1. The molecule has 2 aromatic heterocycles. The molecule has 0 unspecified atom stereocenters. The van der Waals surface area contributed by atoms with Gasteiger partial charge in [0.05, 0.1) is 20.9 Å². The summed E-state index contributed by atoms with van der Waals surface area (Å²) in [4.78, 5) is 24.5. The van der Waals surface area contributed by atoms with Gasteiger partial charge in [0.1, 0.15) is 0 Å². The van der Waals surface area contributed by atoms with E-state index in [4.69, 9.17) is 4.98 Å². The van der Waals surface area contributed by atoms with Crippen molar-refractivity contribution in [3.8, 4) is 11.3 Å². The monoisotopic (exact) mass is 448 g/mol. The number of anilines is 2. The molecule has 0 radical (unpaired) electrons. The standard InChI is InChI=1S/C24H24N4OS2/c1-15-6-7-20-22(12-15)31-24(27-20)28-10-8-17(9-11-28)23(29)26-19-5-3-4-18(13-19)21-14-30-16(2)25-21/h3-7,12-14,17H,8-11H2,1-2H3,(H,26,29). The van der Waals surface area contributed by atoms with E-state index < -0.39 is 0 Å². The van der Waals surface area contributed by atoms with Gasteiger partial charge in [0.2, 0.25) is 5.91 Å². The summed E-state index contributed by atoms with van der Waals surface area (Å²) in [6.07, 6.45) is 1.68. The van der Waals surface area contributed by atoms with Crippen LogP contribution in [0.5, 0.6) is 0 Å². The van der Waals surface area contributed by atoms with Crippen molar-refractivity contribution in [3.05, 3.63) is 58.4 Å².